The van der Waals surface area contributed by atoms with E-state index in [1.54, 1.807) is 29.0 Å². The van der Waals surface area contributed by atoms with Crippen molar-refractivity contribution in [1.29, 1.82) is 0 Å². The van der Waals surface area contributed by atoms with Gasteiger partial charge in [0.05, 0.1) is 19.3 Å². The maximum atomic E-state index is 12.9. The van der Waals surface area contributed by atoms with E-state index in [2.05, 4.69) is 0 Å². The lowest BCUT2D eigenvalue weighted by Gasteiger charge is -2.38. The van der Waals surface area contributed by atoms with Crippen LogP contribution in [0.25, 0.3) is 0 Å². The third-order valence-corrected chi connectivity index (χ3v) is 7.01. The van der Waals surface area contributed by atoms with E-state index in [-0.39, 0.29) is 24.3 Å². The van der Waals surface area contributed by atoms with Gasteiger partial charge in [-0.15, -0.1) is 0 Å². The van der Waals surface area contributed by atoms with Gasteiger partial charge in [-0.3, -0.25) is 9.59 Å². The molecule has 29 heavy (non-hydrogen) atoms. The summed E-state index contributed by atoms with van der Waals surface area (Å²) in [5.41, 5.74) is 1.54. The highest BCUT2D eigenvalue weighted by Gasteiger charge is 2.34. The Balaban J connectivity index is 1.58. The van der Waals surface area contributed by atoms with Gasteiger partial charge in [-0.2, -0.15) is 0 Å². The average molecular weight is 424 g/mol. The molecule has 0 radical (unpaired) electrons. The number of piperidine rings is 1. The summed E-state index contributed by atoms with van der Waals surface area (Å²) in [6.45, 7) is 4.50. The van der Waals surface area contributed by atoms with Crippen LogP contribution in [0.15, 0.2) is 18.2 Å². The monoisotopic (exact) mass is 423 g/mol. The Bertz CT molecular complexity index is 878. The molecule has 2 aliphatic rings. The molecule has 0 spiro atoms. The number of hydrogen-bond acceptors (Lipinski definition) is 5. The van der Waals surface area contributed by atoms with Crippen LogP contribution in [0.4, 0.5) is 0 Å². The van der Waals surface area contributed by atoms with Crippen molar-refractivity contribution in [1.82, 2.24) is 14.1 Å². The number of sulfonamides is 1. The number of benzene rings is 1. The van der Waals surface area contributed by atoms with Gasteiger partial charge < -0.3 is 14.5 Å². The van der Waals surface area contributed by atoms with Gasteiger partial charge in [0.2, 0.25) is 15.9 Å². The molecule has 1 atom stereocenters. The summed E-state index contributed by atoms with van der Waals surface area (Å²) >= 11 is 0. The molecule has 0 aliphatic carbocycles. The van der Waals surface area contributed by atoms with Gasteiger partial charge in [0.25, 0.3) is 5.91 Å². The molecule has 1 aromatic rings. The first kappa shape index (κ1) is 21.6. The second kappa shape index (κ2) is 8.71. The van der Waals surface area contributed by atoms with Crippen LogP contribution in [0.1, 0.15) is 28.8 Å². The molecule has 0 N–H and O–H groups in total. The lowest BCUT2D eigenvalue weighted by atomic mass is 9.97. The first-order valence-corrected chi connectivity index (χ1v) is 11.7. The SMILES string of the molecule is COc1cc(C(=O)N2CCN(C(=O)C3CCCN(S(C)(=O)=O)C3)CC2)ccc1C. The van der Waals surface area contributed by atoms with Crippen LogP contribution < -0.4 is 4.74 Å². The van der Waals surface area contributed by atoms with Gasteiger partial charge in [-0.25, -0.2) is 12.7 Å². The third kappa shape index (κ3) is 4.90. The second-order valence-corrected chi connectivity index (χ2v) is 9.74. The molecule has 0 saturated carbocycles. The molecule has 2 amide bonds. The van der Waals surface area contributed by atoms with Crippen LogP contribution in [0.3, 0.4) is 0 Å². The van der Waals surface area contributed by atoms with Crippen molar-refractivity contribution in [2.75, 3.05) is 52.6 Å². The van der Waals surface area contributed by atoms with Crippen molar-refractivity contribution in [3.8, 4) is 5.75 Å². The number of carbonyl (C=O) groups excluding carboxylic acids is 2. The number of amides is 2. The molecular formula is C20H29N3O5S. The van der Waals surface area contributed by atoms with E-state index in [9.17, 15) is 18.0 Å². The maximum Gasteiger partial charge on any atom is 0.254 e. The van der Waals surface area contributed by atoms with Gasteiger partial charge in [0.15, 0.2) is 0 Å². The van der Waals surface area contributed by atoms with Crippen LogP contribution in [-0.4, -0.2) is 87.0 Å². The van der Waals surface area contributed by atoms with Crippen LogP contribution >= 0.6 is 0 Å². The van der Waals surface area contributed by atoms with Crippen molar-refractivity contribution in [2.24, 2.45) is 5.92 Å². The zero-order chi connectivity index (χ0) is 21.2. The van der Waals surface area contributed by atoms with Gasteiger partial charge in [-0.05, 0) is 37.5 Å². The summed E-state index contributed by atoms with van der Waals surface area (Å²) < 4.78 is 30.3. The van der Waals surface area contributed by atoms with Crippen molar-refractivity contribution in [3.63, 3.8) is 0 Å². The Morgan fingerprint density at radius 2 is 1.72 bits per heavy atom. The normalized spacial score (nSPS) is 21.1. The molecule has 2 saturated heterocycles. The number of piperazine rings is 1. The topological polar surface area (TPSA) is 87.2 Å². The summed E-state index contributed by atoms with van der Waals surface area (Å²) in [6.07, 6.45) is 2.58. The minimum atomic E-state index is -3.28. The molecular weight excluding hydrogens is 394 g/mol. The first-order valence-electron chi connectivity index (χ1n) is 9.88. The van der Waals surface area contributed by atoms with E-state index in [4.69, 9.17) is 4.74 Å². The Kier molecular flexibility index (Phi) is 6.48. The Morgan fingerprint density at radius 3 is 2.34 bits per heavy atom. The molecule has 2 heterocycles. The predicted molar refractivity (Wildman–Crippen MR) is 109 cm³/mol. The van der Waals surface area contributed by atoms with Crippen molar-refractivity contribution in [2.45, 2.75) is 19.8 Å². The predicted octanol–water partition coefficient (Wildman–Crippen LogP) is 0.960. The first-order chi connectivity index (χ1) is 13.7. The Labute approximate surface area is 172 Å². The summed E-state index contributed by atoms with van der Waals surface area (Å²) in [4.78, 5) is 29.2. The molecule has 1 aromatic carbocycles. The number of ether oxygens (including phenoxy) is 1. The van der Waals surface area contributed by atoms with E-state index < -0.39 is 10.0 Å². The second-order valence-electron chi connectivity index (χ2n) is 7.76. The molecule has 2 aliphatic heterocycles. The van der Waals surface area contributed by atoms with Gasteiger partial charge in [-0.1, -0.05) is 6.07 Å². The minimum absolute atomic E-state index is 0.0116. The fourth-order valence-corrected chi connectivity index (χ4v) is 4.88. The lowest BCUT2D eigenvalue weighted by Crippen LogP contribution is -2.54. The highest BCUT2D eigenvalue weighted by atomic mass is 32.2. The van der Waals surface area contributed by atoms with Gasteiger partial charge in [0.1, 0.15) is 5.75 Å². The van der Waals surface area contributed by atoms with Gasteiger partial charge >= 0.3 is 0 Å². The van der Waals surface area contributed by atoms with Crippen molar-refractivity contribution in [3.05, 3.63) is 29.3 Å². The fourth-order valence-electron chi connectivity index (χ4n) is 3.97. The maximum absolute atomic E-state index is 12.9. The average Bonchev–Trinajstić information content (AvgIpc) is 2.72. The van der Waals surface area contributed by atoms with E-state index in [1.807, 2.05) is 13.0 Å². The van der Waals surface area contributed by atoms with E-state index >= 15 is 0 Å². The van der Waals surface area contributed by atoms with Crippen LogP contribution in [0, 0.1) is 12.8 Å². The molecule has 9 heteroatoms. The summed E-state index contributed by atoms with van der Waals surface area (Å²) in [6, 6.07) is 5.40. The molecule has 1 unspecified atom stereocenters. The van der Waals surface area contributed by atoms with Crippen LogP contribution in [0.5, 0.6) is 5.75 Å². The number of rotatable bonds is 4. The van der Waals surface area contributed by atoms with E-state index in [0.29, 0.717) is 56.9 Å². The van der Waals surface area contributed by atoms with Crippen molar-refractivity contribution < 1.29 is 22.7 Å². The quantitative estimate of drug-likeness (QED) is 0.720. The molecule has 160 valence electrons. The molecule has 8 nitrogen and oxygen atoms in total. The van der Waals surface area contributed by atoms with Crippen molar-refractivity contribution >= 4 is 21.8 Å². The molecule has 0 bridgehead atoms. The number of methoxy groups -OCH3 is 1. The number of carbonyl (C=O) groups is 2. The molecule has 3 rings (SSSR count). The zero-order valence-electron chi connectivity index (χ0n) is 17.3. The summed E-state index contributed by atoms with van der Waals surface area (Å²) in [5.74, 6) is 0.290. The standard InChI is InChI=1S/C20H29N3O5S/c1-15-6-7-16(13-18(15)28-2)19(24)21-9-11-22(12-10-21)20(25)17-5-4-8-23(14-17)29(3,26)27/h6-7,13,17H,4-5,8-12,14H2,1-3H3. The Morgan fingerprint density at radius 1 is 1.07 bits per heavy atom. The van der Waals surface area contributed by atoms with E-state index in [1.165, 1.54) is 10.6 Å². The fraction of sp³-hybridized carbons (Fsp3) is 0.600. The number of nitrogens with zero attached hydrogens (tertiary/aromatic N) is 3. The Hall–Kier alpha value is -2.13. The summed E-state index contributed by atoms with van der Waals surface area (Å²) in [7, 11) is -1.70. The van der Waals surface area contributed by atoms with Crippen LogP contribution in [0.2, 0.25) is 0 Å². The van der Waals surface area contributed by atoms with E-state index in [0.717, 1.165) is 5.56 Å². The van der Waals surface area contributed by atoms with Crippen LogP contribution in [-0.2, 0) is 14.8 Å². The third-order valence-electron chi connectivity index (χ3n) is 5.74. The lowest BCUT2D eigenvalue weighted by molar-refractivity contribution is -0.138. The molecule has 0 aromatic heterocycles. The minimum Gasteiger partial charge on any atom is -0.496 e. The zero-order valence-corrected chi connectivity index (χ0v) is 18.1. The number of aryl methyl sites for hydroxylation is 1. The smallest absolute Gasteiger partial charge is 0.254 e. The number of hydrogen-bond donors (Lipinski definition) is 0. The highest BCUT2D eigenvalue weighted by Crippen LogP contribution is 2.23. The molecule has 2 fully saturated rings. The highest BCUT2D eigenvalue weighted by molar-refractivity contribution is 7.88. The largest absolute Gasteiger partial charge is 0.496 e. The summed E-state index contributed by atoms with van der Waals surface area (Å²) in [5, 5.41) is 0. The van der Waals surface area contributed by atoms with Gasteiger partial charge in [0, 0.05) is 44.8 Å².